The molecule has 18 aromatic rings. The van der Waals surface area contributed by atoms with Crippen LogP contribution < -0.4 is 9.48 Å². The molecular weight excluding hydrogens is 1120 g/mol. The average Bonchev–Trinajstić information content (AvgIpc) is 1.24. The van der Waals surface area contributed by atoms with Crippen LogP contribution in [0, 0.1) is 0 Å². The van der Waals surface area contributed by atoms with Gasteiger partial charge in [0.1, 0.15) is 12.2 Å². The molecule has 6 nitrogen and oxygen atoms in total. The summed E-state index contributed by atoms with van der Waals surface area (Å²) in [6, 6.07) is 118. The summed E-state index contributed by atoms with van der Waals surface area (Å²) in [5.74, 6) is 0. The Balaban J connectivity index is 0.906. The molecule has 2 aliphatic rings. The van der Waals surface area contributed by atoms with E-state index in [-0.39, 0.29) is 0 Å². The number of anilines is 2. The van der Waals surface area contributed by atoms with Gasteiger partial charge in [0.25, 0.3) is 0 Å². The average molecular weight is 1170 g/mol. The maximum Gasteiger partial charge on any atom is 0.235 e. The first-order chi connectivity index (χ1) is 45.7. The minimum atomic E-state index is 0.686. The monoisotopic (exact) mass is 1170 g/mol. The Kier molecular flexibility index (Phi) is 10.8. The molecule has 428 valence electrons. The first-order valence-corrected chi connectivity index (χ1v) is 31.8. The van der Waals surface area contributed by atoms with E-state index in [2.05, 4.69) is 349 Å². The van der Waals surface area contributed by atoms with Crippen molar-refractivity contribution in [2.45, 2.75) is 0 Å². The SMILES string of the molecule is C1=[N+](c2ccccc2)c2cc3c(cc2N(c2ccccc2)C1)-c1cccc(-n2c4ccccc4c4cc(-n5c6ccccc6c6ccccc65)ccc42)c1-c1c(cccc1-n1c2ccccc2c2cc(-n4c5ccccc5c5ccccc54)ccc21)-c1ccccc1-3. The van der Waals surface area contributed by atoms with Crippen LogP contribution >= 0.6 is 0 Å². The van der Waals surface area contributed by atoms with E-state index < -0.39 is 0 Å². The molecule has 4 aromatic heterocycles. The van der Waals surface area contributed by atoms with Gasteiger partial charge in [0.15, 0.2) is 6.21 Å². The highest BCUT2D eigenvalue weighted by Gasteiger charge is 2.35. The van der Waals surface area contributed by atoms with Crippen molar-refractivity contribution in [3.63, 3.8) is 0 Å². The third-order valence-corrected chi connectivity index (χ3v) is 19.8. The van der Waals surface area contributed by atoms with Gasteiger partial charge in [-0.1, -0.05) is 194 Å². The molecule has 0 N–H and O–H groups in total. The Morgan fingerprint density at radius 3 is 1.07 bits per heavy atom. The molecule has 1 aliphatic carbocycles. The molecule has 14 aromatic carbocycles. The summed E-state index contributed by atoms with van der Waals surface area (Å²) in [6.07, 6.45) is 2.34. The molecule has 0 spiro atoms. The van der Waals surface area contributed by atoms with E-state index in [4.69, 9.17) is 0 Å². The molecule has 0 saturated heterocycles. The molecule has 6 heteroatoms. The Hall–Kier alpha value is -12.3. The number of hydrogen-bond acceptors (Lipinski definition) is 1. The number of fused-ring (bicyclic) bond motifs is 21. The van der Waals surface area contributed by atoms with Crippen LogP contribution in [-0.4, -0.2) is 31.0 Å². The van der Waals surface area contributed by atoms with Crippen molar-refractivity contribution < 1.29 is 0 Å². The zero-order valence-corrected chi connectivity index (χ0v) is 50.0. The van der Waals surface area contributed by atoms with Crippen molar-refractivity contribution in [3.05, 3.63) is 315 Å². The fourth-order valence-electron chi connectivity index (χ4n) is 16.0. The lowest BCUT2D eigenvalue weighted by molar-refractivity contribution is 1.000. The molecular formula is C86H55N6+. The molecule has 0 saturated carbocycles. The third-order valence-electron chi connectivity index (χ3n) is 19.8. The molecule has 5 heterocycles. The number of rotatable bonds is 6. The van der Waals surface area contributed by atoms with Crippen molar-refractivity contribution in [3.8, 4) is 67.3 Å². The van der Waals surface area contributed by atoms with E-state index >= 15 is 0 Å². The normalized spacial score (nSPS) is 12.8. The van der Waals surface area contributed by atoms with Gasteiger partial charge in [0, 0.05) is 89.5 Å². The molecule has 0 radical (unpaired) electrons. The molecule has 0 amide bonds. The maximum atomic E-state index is 2.57. The van der Waals surface area contributed by atoms with Gasteiger partial charge in [-0.2, -0.15) is 4.58 Å². The fraction of sp³-hybridized carbons (Fsp3) is 0.0116. The molecule has 0 fully saturated rings. The van der Waals surface area contributed by atoms with E-state index in [0.717, 1.165) is 95.4 Å². The minimum absolute atomic E-state index is 0.686. The maximum absolute atomic E-state index is 2.57. The highest BCUT2D eigenvalue weighted by molar-refractivity contribution is 6.17. The molecule has 1 aliphatic heterocycles. The standard InChI is InChI=1S/C86H55N6/c1-3-23-55(24-4-1)87-49-50-88(56-25-5-2-6-26-56)84-54-70-68-36-22-44-82(92-78-42-20-14-34-66(78)72-52-58(46-48-80(72)92)90-75-39-17-11-31-63(75)64-32-12-18-40-76(64)90)86(68)85-67(59-27-7-8-28-60(59)69(70)53-83(84)87)35-21-43-81(85)91-77-41-19-13-33-65(77)71-51-57(45-47-79(71)91)89-73-37-15-9-29-61(73)62-30-10-16-38-74(62)89/h1-49,51-54H,50H2/q+1. The number of nitrogens with zero attached hydrogens (tertiary/aromatic N) is 6. The molecule has 0 bridgehead atoms. The number of aromatic nitrogens is 4. The largest absolute Gasteiger partial charge is 0.326 e. The Bertz CT molecular complexity index is 6060. The third kappa shape index (κ3) is 7.23. The van der Waals surface area contributed by atoms with Crippen molar-refractivity contribution in [2.75, 3.05) is 11.4 Å². The van der Waals surface area contributed by atoms with E-state index in [0.29, 0.717) is 6.54 Å². The number of para-hydroxylation sites is 8. The minimum Gasteiger partial charge on any atom is -0.326 e. The van der Waals surface area contributed by atoms with Crippen molar-refractivity contribution in [1.82, 2.24) is 22.8 Å². The predicted octanol–water partition coefficient (Wildman–Crippen LogP) is 22.1. The van der Waals surface area contributed by atoms with E-state index in [1.807, 2.05) is 0 Å². The first kappa shape index (κ1) is 50.7. The summed E-state index contributed by atoms with van der Waals surface area (Å²) >= 11 is 0. The lowest BCUT2D eigenvalue weighted by Gasteiger charge is -2.31. The smallest absolute Gasteiger partial charge is 0.235 e. The van der Waals surface area contributed by atoms with Crippen LogP contribution in [0.5, 0.6) is 0 Å². The van der Waals surface area contributed by atoms with E-state index in [9.17, 15) is 0 Å². The summed E-state index contributed by atoms with van der Waals surface area (Å²) in [6.45, 7) is 0.686. The van der Waals surface area contributed by atoms with Gasteiger partial charge in [-0.3, -0.25) is 0 Å². The van der Waals surface area contributed by atoms with Gasteiger partial charge < -0.3 is 23.2 Å². The highest BCUT2D eigenvalue weighted by Crippen LogP contribution is 2.56. The summed E-state index contributed by atoms with van der Waals surface area (Å²) in [7, 11) is 0. The van der Waals surface area contributed by atoms with Gasteiger partial charge >= 0.3 is 0 Å². The second kappa shape index (κ2) is 19.6. The van der Waals surface area contributed by atoms with Crippen LogP contribution in [-0.2, 0) is 0 Å². The Labute approximate surface area is 530 Å². The predicted molar refractivity (Wildman–Crippen MR) is 387 cm³/mol. The summed E-state index contributed by atoms with van der Waals surface area (Å²) in [5, 5.41) is 9.76. The van der Waals surface area contributed by atoms with Crippen molar-refractivity contribution >= 4 is 116 Å². The van der Waals surface area contributed by atoms with E-state index in [1.54, 1.807) is 0 Å². The Morgan fingerprint density at radius 1 is 0.228 bits per heavy atom. The van der Waals surface area contributed by atoms with Crippen LogP contribution in [0.4, 0.5) is 22.7 Å². The van der Waals surface area contributed by atoms with Crippen molar-refractivity contribution in [2.24, 2.45) is 0 Å². The van der Waals surface area contributed by atoms with Crippen LogP contribution in [0.25, 0.3) is 154 Å². The lowest BCUT2D eigenvalue weighted by Crippen LogP contribution is -2.29. The highest BCUT2D eigenvalue weighted by atomic mass is 15.2. The topological polar surface area (TPSA) is 26.0 Å². The van der Waals surface area contributed by atoms with Gasteiger partial charge in [-0.05, 0) is 137 Å². The van der Waals surface area contributed by atoms with E-state index in [1.165, 1.54) is 81.8 Å². The number of hydrogen-bond donors (Lipinski definition) is 0. The quantitative estimate of drug-likeness (QED) is 0.152. The molecule has 20 rings (SSSR count). The number of benzene rings is 14. The zero-order valence-electron chi connectivity index (χ0n) is 50.0. The second-order valence-corrected chi connectivity index (χ2v) is 24.5. The van der Waals surface area contributed by atoms with Gasteiger partial charge in [0.05, 0.1) is 55.5 Å². The van der Waals surface area contributed by atoms with Crippen LogP contribution in [0.15, 0.2) is 315 Å². The van der Waals surface area contributed by atoms with Gasteiger partial charge in [0.2, 0.25) is 11.4 Å². The van der Waals surface area contributed by atoms with Gasteiger partial charge in [-0.15, -0.1) is 0 Å². The van der Waals surface area contributed by atoms with Crippen LogP contribution in [0.3, 0.4) is 0 Å². The lowest BCUT2D eigenvalue weighted by atomic mass is 9.79. The Morgan fingerprint density at radius 2 is 0.587 bits per heavy atom. The van der Waals surface area contributed by atoms with Crippen molar-refractivity contribution in [1.29, 1.82) is 0 Å². The summed E-state index contributed by atoms with van der Waals surface area (Å²) < 4.78 is 12.4. The summed E-state index contributed by atoms with van der Waals surface area (Å²) in [5.41, 5.74) is 27.6. The second-order valence-electron chi connectivity index (χ2n) is 24.5. The van der Waals surface area contributed by atoms with Gasteiger partial charge in [-0.25, -0.2) is 0 Å². The fourth-order valence-corrected chi connectivity index (χ4v) is 16.0. The molecule has 0 atom stereocenters. The zero-order chi connectivity index (χ0) is 60.1. The first-order valence-electron chi connectivity index (χ1n) is 31.8. The molecule has 0 unspecified atom stereocenters. The summed E-state index contributed by atoms with van der Waals surface area (Å²) in [4.78, 5) is 2.48. The molecule has 92 heavy (non-hydrogen) atoms. The van der Waals surface area contributed by atoms with Crippen LogP contribution in [0.2, 0.25) is 0 Å². The van der Waals surface area contributed by atoms with Crippen LogP contribution in [0.1, 0.15) is 0 Å².